The van der Waals surface area contributed by atoms with Crippen molar-refractivity contribution in [1.29, 1.82) is 0 Å². The van der Waals surface area contributed by atoms with Crippen LogP contribution in [-0.4, -0.2) is 23.5 Å². The number of likely N-dealkylation sites (N-methyl/N-ethyl adjacent to an activating group) is 1. The second-order valence-electron chi connectivity index (χ2n) is 7.11. The SMILES string of the molecule is CN1Cc2cc(-c3nccs3)ccc2C(c2ccc3ccccc3c2)C1. The largest absolute Gasteiger partial charge is 0.301 e. The van der Waals surface area contributed by atoms with Crippen LogP contribution in [0.2, 0.25) is 0 Å². The number of rotatable bonds is 2. The minimum Gasteiger partial charge on any atom is -0.301 e. The lowest BCUT2D eigenvalue weighted by Crippen LogP contribution is -2.31. The Bertz CT molecular complexity index is 1070. The molecule has 0 radical (unpaired) electrons. The van der Waals surface area contributed by atoms with Crippen LogP contribution in [0, 0.1) is 0 Å². The van der Waals surface area contributed by atoms with Crippen LogP contribution in [-0.2, 0) is 6.54 Å². The van der Waals surface area contributed by atoms with Gasteiger partial charge < -0.3 is 4.90 Å². The van der Waals surface area contributed by atoms with Gasteiger partial charge in [-0.2, -0.15) is 0 Å². The van der Waals surface area contributed by atoms with Crippen molar-refractivity contribution < 1.29 is 0 Å². The Balaban J connectivity index is 1.60. The van der Waals surface area contributed by atoms with Gasteiger partial charge in [0.05, 0.1) is 0 Å². The number of hydrogen-bond acceptors (Lipinski definition) is 3. The molecule has 0 aliphatic carbocycles. The smallest absolute Gasteiger partial charge is 0.123 e. The average Bonchev–Trinajstić information content (AvgIpc) is 3.21. The van der Waals surface area contributed by atoms with E-state index in [2.05, 4.69) is 77.6 Å². The fraction of sp³-hybridized carbons (Fsp3) is 0.174. The quantitative estimate of drug-likeness (QED) is 0.469. The Hall–Kier alpha value is -2.49. The van der Waals surface area contributed by atoms with Gasteiger partial charge in [0.15, 0.2) is 0 Å². The number of hydrogen-bond donors (Lipinski definition) is 0. The first-order valence-electron chi connectivity index (χ1n) is 8.98. The number of nitrogens with zero attached hydrogens (tertiary/aromatic N) is 2. The summed E-state index contributed by atoms with van der Waals surface area (Å²) < 4.78 is 0. The van der Waals surface area contributed by atoms with Gasteiger partial charge in [0.2, 0.25) is 0 Å². The van der Waals surface area contributed by atoms with Crippen molar-refractivity contribution in [2.75, 3.05) is 13.6 Å². The van der Waals surface area contributed by atoms with Gasteiger partial charge in [-0.25, -0.2) is 4.98 Å². The van der Waals surface area contributed by atoms with E-state index < -0.39 is 0 Å². The predicted octanol–water partition coefficient (Wildman–Crippen LogP) is 5.54. The van der Waals surface area contributed by atoms with Crippen LogP contribution in [0.5, 0.6) is 0 Å². The van der Waals surface area contributed by atoms with Gasteiger partial charge in [-0.15, -0.1) is 11.3 Å². The molecule has 1 aliphatic rings. The Kier molecular flexibility index (Phi) is 3.84. The molecule has 3 aromatic carbocycles. The van der Waals surface area contributed by atoms with Gasteiger partial charge >= 0.3 is 0 Å². The van der Waals surface area contributed by atoms with Crippen molar-refractivity contribution in [3.05, 3.63) is 88.9 Å². The lowest BCUT2D eigenvalue weighted by Gasteiger charge is -2.33. The maximum atomic E-state index is 4.47. The maximum absolute atomic E-state index is 4.47. The minimum atomic E-state index is 0.415. The third-order valence-electron chi connectivity index (χ3n) is 5.31. The molecule has 0 saturated carbocycles. The third-order valence-corrected chi connectivity index (χ3v) is 6.13. The average molecular weight is 356 g/mol. The molecule has 1 aliphatic heterocycles. The molecular weight excluding hydrogens is 336 g/mol. The van der Waals surface area contributed by atoms with E-state index in [9.17, 15) is 0 Å². The molecule has 0 fully saturated rings. The number of thiazole rings is 1. The Labute approximate surface area is 157 Å². The van der Waals surface area contributed by atoms with Crippen LogP contribution in [0.15, 0.2) is 72.2 Å². The van der Waals surface area contributed by atoms with Gasteiger partial charge in [0.1, 0.15) is 5.01 Å². The highest BCUT2D eigenvalue weighted by atomic mass is 32.1. The molecule has 1 aromatic heterocycles. The van der Waals surface area contributed by atoms with Crippen molar-refractivity contribution in [1.82, 2.24) is 9.88 Å². The van der Waals surface area contributed by atoms with Crippen LogP contribution in [0.1, 0.15) is 22.6 Å². The highest BCUT2D eigenvalue weighted by molar-refractivity contribution is 7.13. The number of aromatic nitrogens is 1. The zero-order valence-electron chi connectivity index (χ0n) is 14.7. The summed E-state index contributed by atoms with van der Waals surface area (Å²) in [4.78, 5) is 6.90. The first-order valence-corrected chi connectivity index (χ1v) is 9.86. The van der Waals surface area contributed by atoms with Crippen LogP contribution >= 0.6 is 11.3 Å². The van der Waals surface area contributed by atoms with Gasteiger partial charge in [-0.05, 0) is 40.6 Å². The number of benzene rings is 3. The van der Waals surface area contributed by atoms with Crippen molar-refractivity contribution >= 4 is 22.1 Å². The summed E-state index contributed by atoms with van der Waals surface area (Å²) in [7, 11) is 2.22. The van der Waals surface area contributed by atoms with E-state index in [1.165, 1.54) is 33.0 Å². The first kappa shape index (κ1) is 15.7. The van der Waals surface area contributed by atoms with Crippen molar-refractivity contribution in [2.24, 2.45) is 0 Å². The summed E-state index contributed by atoms with van der Waals surface area (Å²) in [6, 6.07) is 22.4. The topological polar surface area (TPSA) is 16.1 Å². The maximum Gasteiger partial charge on any atom is 0.123 e. The zero-order chi connectivity index (χ0) is 17.5. The molecule has 0 N–H and O–H groups in total. The molecule has 0 bridgehead atoms. The van der Waals surface area contributed by atoms with Gasteiger partial charge in [-0.3, -0.25) is 0 Å². The summed E-state index contributed by atoms with van der Waals surface area (Å²) in [5.74, 6) is 0.415. The lowest BCUT2D eigenvalue weighted by molar-refractivity contribution is 0.295. The Morgan fingerprint density at radius 1 is 1.00 bits per heavy atom. The van der Waals surface area contributed by atoms with Gasteiger partial charge in [0, 0.05) is 36.1 Å². The molecule has 128 valence electrons. The summed E-state index contributed by atoms with van der Waals surface area (Å²) in [5, 5.41) is 5.76. The molecule has 2 heterocycles. The van der Waals surface area contributed by atoms with Crippen LogP contribution in [0.25, 0.3) is 21.3 Å². The minimum absolute atomic E-state index is 0.415. The van der Waals surface area contributed by atoms with Crippen LogP contribution in [0.3, 0.4) is 0 Å². The highest BCUT2D eigenvalue weighted by Crippen LogP contribution is 2.36. The van der Waals surface area contributed by atoms with Crippen molar-refractivity contribution in [3.8, 4) is 10.6 Å². The summed E-state index contributed by atoms with van der Waals surface area (Å²) >= 11 is 1.70. The molecule has 3 heteroatoms. The Morgan fingerprint density at radius 2 is 1.88 bits per heavy atom. The standard InChI is InChI=1S/C23H20N2S/c1-25-14-20-13-19(23-24-10-11-26-23)8-9-21(20)22(15-25)18-7-6-16-4-2-3-5-17(16)12-18/h2-13,22H,14-15H2,1H3. The summed E-state index contributed by atoms with van der Waals surface area (Å²) in [5.41, 5.74) is 5.51. The monoisotopic (exact) mass is 356 g/mol. The molecule has 2 nitrogen and oxygen atoms in total. The molecule has 1 unspecified atom stereocenters. The van der Waals surface area contributed by atoms with E-state index in [1.807, 2.05) is 11.6 Å². The van der Waals surface area contributed by atoms with Crippen LogP contribution < -0.4 is 0 Å². The fourth-order valence-electron chi connectivity index (χ4n) is 4.06. The van der Waals surface area contributed by atoms with E-state index in [1.54, 1.807) is 11.3 Å². The fourth-order valence-corrected chi connectivity index (χ4v) is 4.69. The molecular formula is C23H20N2S. The first-order chi connectivity index (χ1) is 12.8. The molecule has 4 aromatic rings. The van der Waals surface area contributed by atoms with Gasteiger partial charge in [0.25, 0.3) is 0 Å². The van der Waals surface area contributed by atoms with E-state index in [-0.39, 0.29) is 0 Å². The van der Waals surface area contributed by atoms with E-state index >= 15 is 0 Å². The second-order valence-corrected chi connectivity index (χ2v) is 8.00. The predicted molar refractivity (Wildman–Crippen MR) is 110 cm³/mol. The van der Waals surface area contributed by atoms with Gasteiger partial charge in [-0.1, -0.05) is 54.6 Å². The van der Waals surface area contributed by atoms with E-state index in [4.69, 9.17) is 0 Å². The molecule has 26 heavy (non-hydrogen) atoms. The summed E-state index contributed by atoms with van der Waals surface area (Å²) in [6.45, 7) is 2.06. The van der Waals surface area contributed by atoms with Crippen molar-refractivity contribution in [2.45, 2.75) is 12.5 Å². The Morgan fingerprint density at radius 3 is 2.73 bits per heavy atom. The normalized spacial score (nSPS) is 17.3. The molecule has 5 rings (SSSR count). The third kappa shape index (κ3) is 2.74. The highest BCUT2D eigenvalue weighted by Gasteiger charge is 2.25. The molecule has 0 amide bonds. The number of fused-ring (bicyclic) bond motifs is 2. The van der Waals surface area contributed by atoms with E-state index in [0.29, 0.717) is 5.92 Å². The molecule has 1 atom stereocenters. The summed E-state index contributed by atoms with van der Waals surface area (Å²) in [6.07, 6.45) is 1.88. The van der Waals surface area contributed by atoms with Crippen LogP contribution in [0.4, 0.5) is 0 Å². The lowest BCUT2D eigenvalue weighted by atomic mass is 9.83. The van der Waals surface area contributed by atoms with E-state index in [0.717, 1.165) is 18.1 Å². The zero-order valence-corrected chi connectivity index (χ0v) is 15.5. The second kappa shape index (κ2) is 6.35. The molecule has 0 spiro atoms. The van der Waals surface area contributed by atoms with Crippen molar-refractivity contribution in [3.63, 3.8) is 0 Å². The molecule has 0 saturated heterocycles.